The first kappa shape index (κ1) is 13.6. The van der Waals surface area contributed by atoms with Gasteiger partial charge in [-0.05, 0) is 25.0 Å². The summed E-state index contributed by atoms with van der Waals surface area (Å²) in [5.74, 6) is 0.117. The third-order valence-corrected chi connectivity index (χ3v) is 3.19. The minimum absolute atomic E-state index is 0.0829. The van der Waals surface area contributed by atoms with Gasteiger partial charge >= 0.3 is 0 Å². The van der Waals surface area contributed by atoms with E-state index in [2.05, 4.69) is 10.3 Å². The smallest absolute Gasteiger partial charge is 0.246 e. The second-order valence-electron chi connectivity index (χ2n) is 4.25. The van der Waals surface area contributed by atoms with E-state index in [0.717, 1.165) is 6.42 Å². The Labute approximate surface area is 115 Å². The van der Waals surface area contributed by atoms with Crippen LogP contribution in [0.4, 0.5) is 5.82 Å². The Balaban J connectivity index is 1.90. The number of aromatic nitrogens is 1. The van der Waals surface area contributed by atoms with Crippen molar-refractivity contribution < 1.29 is 9.53 Å². The van der Waals surface area contributed by atoms with E-state index >= 15 is 0 Å². The SMILES string of the molecule is N#Cc1nc(NCC2CCC(C(N)=O)O2)ccc1Cl. The number of pyridine rings is 1. The van der Waals surface area contributed by atoms with Crippen LogP contribution in [0.5, 0.6) is 0 Å². The summed E-state index contributed by atoms with van der Waals surface area (Å²) in [7, 11) is 0. The maximum Gasteiger partial charge on any atom is 0.246 e. The second kappa shape index (κ2) is 5.87. The molecule has 100 valence electrons. The lowest BCUT2D eigenvalue weighted by Gasteiger charge is -2.13. The summed E-state index contributed by atoms with van der Waals surface area (Å²) >= 11 is 5.79. The summed E-state index contributed by atoms with van der Waals surface area (Å²) in [6.07, 6.45) is 0.818. The van der Waals surface area contributed by atoms with Crippen LogP contribution in [0, 0.1) is 11.3 Å². The first-order valence-electron chi connectivity index (χ1n) is 5.85. The zero-order chi connectivity index (χ0) is 13.8. The number of nitrogens with zero attached hydrogens (tertiary/aromatic N) is 2. The molecule has 1 saturated heterocycles. The van der Waals surface area contributed by atoms with Crippen LogP contribution in [0.2, 0.25) is 5.02 Å². The Bertz CT molecular complexity index is 529. The van der Waals surface area contributed by atoms with Crippen LogP contribution in [0.1, 0.15) is 18.5 Å². The number of anilines is 1. The van der Waals surface area contributed by atoms with Gasteiger partial charge in [-0.3, -0.25) is 4.79 Å². The molecule has 2 rings (SSSR count). The van der Waals surface area contributed by atoms with Crippen molar-refractivity contribution in [3.8, 4) is 6.07 Å². The fourth-order valence-corrected chi connectivity index (χ4v) is 2.05. The predicted molar refractivity (Wildman–Crippen MR) is 69.5 cm³/mol. The first-order chi connectivity index (χ1) is 9.10. The number of nitrogens with two attached hydrogens (primary N) is 1. The number of rotatable bonds is 4. The average Bonchev–Trinajstić information content (AvgIpc) is 2.87. The van der Waals surface area contributed by atoms with E-state index in [9.17, 15) is 4.79 Å². The number of halogens is 1. The Morgan fingerprint density at radius 1 is 1.63 bits per heavy atom. The quantitative estimate of drug-likeness (QED) is 0.858. The maximum absolute atomic E-state index is 11.0. The minimum atomic E-state index is -0.500. The molecule has 1 fully saturated rings. The zero-order valence-electron chi connectivity index (χ0n) is 10.1. The van der Waals surface area contributed by atoms with E-state index < -0.39 is 12.0 Å². The molecule has 0 aromatic carbocycles. The molecular formula is C12H13ClN4O2. The van der Waals surface area contributed by atoms with Crippen molar-refractivity contribution in [3.63, 3.8) is 0 Å². The number of hydrogen-bond acceptors (Lipinski definition) is 5. The standard InChI is InChI=1S/C12H13ClN4O2/c13-8-2-4-11(17-9(8)5-14)16-6-7-1-3-10(19-7)12(15)18/h2,4,7,10H,1,3,6H2,(H2,15,18)(H,16,17). The molecule has 7 heteroatoms. The molecule has 19 heavy (non-hydrogen) atoms. The van der Waals surface area contributed by atoms with Gasteiger partial charge in [0.15, 0.2) is 5.69 Å². The van der Waals surface area contributed by atoms with Crippen LogP contribution in [0.15, 0.2) is 12.1 Å². The molecule has 0 spiro atoms. The number of amides is 1. The molecule has 2 heterocycles. The summed E-state index contributed by atoms with van der Waals surface area (Å²) < 4.78 is 5.47. The monoisotopic (exact) mass is 280 g/mol. The predicted octanol–water partition coefficient (Wildman–Crippen LogP) is 1.05. The van der Waals surface area contributed by atoms with Crippen LogP contribution in [0.25, 0.3) is 0 Å². The highest BCUT2D eigenvalue weighted by atomic mass is 35.5. The number of nitrogens with one attached hydrogen (secondary N) is 1. The van der Waals surface area contributed by atoms with Crippen molar-refractivity contribution in [2.45, 2.75) is 25.0 Å². The fraction of sp³-hybridized carbons (Fsp3) is 0.417. The Morgan fingerprint density at radius 2 is 2.42 bits per heavy atom. The molecule has 3 N–H and O–H groups in total. The highest BCUT2D eigenvalue weighted by molar-refractivity contribution is 6.31. The molecule has 2 unspecified atom stereocenters. The number of hydrogen-bond donors (Lipinski definition) is 2. The highest BCUT2D eigenvalue weighted by Crippen LogP contribution is 2.20. The summed E-state index contributed by atoms with van der Waals surface area (Å²) in [4.78, 5) is 15.0. The van der Waals surface area contributed by atoms with Gasteiger partial charge in [0.05, 0.1) is 11.1 Å². The van der Waals surface area contributed by atoms with Crippen molar-refractivity contribution in [2.24, 2.45) is 5.73 Å². The Morgan fingerprint density at radius 3 is 3.05 bits per heavy atom. The Kier molecular flexibility index (Phi) is 4.20. The molecular weight excluding hydrogens is 268 g/mol. The van der Waals surface area contributed by atoms with Crippen molar-refractivity contribution in [1.82, 2.24) is 4.98 Å². The topological polar surface area (TPSA) is 101 Å². The van der Waals surface area contributed by atoms with E-state index in [4.69, 9.17) is 27.3 Å². The van der Waals surface area contributed by atoms with E-state index in [-0.39, 0.29) is 11.8 Å². The van der Waals surface area contributed by atoms with Crippen LogP contribution in [0.3, 0.4) is 0 Å². The lowest BCUT2D eigenvalue weighted by atomic mass is 10.2. The molecule has 1 amide bonds. The third kappa shape index (κ3) is 3.34. The largest absolute Gasteiger partial charge is 0.367 e. The van der Waals surface area contributed by atoms with Crippen molar-refractivity contribution >= 4 is 23.3 Å². The second-order valence-corrected chi connectivity index (χ2v) is 4.65. The van der Waals surface area contributed by atoms with Gasteiger partial charge in [0.1, 0.15) is 18.0 Å². The van der Waals surface area contributed by atoms with Crippen LogP contribution in [-0.4, -0.2) is 29.6 Å². The van der Waals surface area contributed by atoms with Crippen LogP contribution >= 0.6 is 11.6 Å². The number of ether oxygens (including phenoxy) is 1. The molecule has 0 bridgehead atoms. The molecule has 0 aliphatic carbocycles. The van der Waals surface area contributed by atoms with Gasteiger partial charge in [-0.1, -0.05) is 11.6 Å². The molecule has 1 aliphatic heterocycles. The van der Waals surface area contributed by atoms with E-state index in [1.165, 1.54) is 0 Å². The van der Waals surface area contributed by atoms with Crippen molar-refractivity contribution in [1.29, 1.82) is 5.26 Å². The lowest BCUT2D eigenvalue weighted by molar-refractivity contribution is -0.128. The third-order valence-electron chi connectivity index (χ3n) is 2.89. The van der Waals surface area contributed by atoms with Gasteiger partial charge in [-0.25, -0.2) is 4.98 Å². The first-order valence-corrected chi connectivity index (χ1v) is 6.23. The molecule has 1 aliphatic rings. The Hall–Kier alpha value is -1.84. The number of carbonyl (C=O) groups excluding carboxylic acids is 1. The van der Waals surface area contributed by atoms with Gasteiger partial charge in [0, 0.05) is 6.54 Å². The lowest BCUT2D eigenvalue weighted by Crippen LogP contribution is -2.30. The average molecular weight is 281 g/mol. The normalized spacial score (nSPS) is 21.9. The highest BCUT2D eigenvalue weighted by Gasteiger charge is 2.28. The summed E-state index contributed by atoms with van der Waals surface area (Å²) in [5, 5.41) is 12.2. The molecule has 6 nitrogen and oxygen atoms in total. The van der Waals surface area contributed by atoms with Crippen LogP contribution in [-0.2, 0) is 9.53 Å². The van der Waals surface area contributed by atoms with E-state index in [1.54, 1.807) is 12.1 Å². The maximum atomic E-state index is 11.0. The van der Waals surface area contributed by atoms with E-state index in [1.807, 2.05) is 6.07 Å². The van der Waals surface area contributed by atoms with E-state index in [0.29, 0.717) is 23.8 Å². The molecule has 2 atom stereocenters. The van der Waals surface area contributed by atoms with Crippen molar-refractivity contribution in [2.75, 3.05) is 11.9 Å². The van der Waals surface area contributed by atoms with Gasteiger partial charge in [0.2, 0.25) is 5.91 Å². The van der Waals surface area contributed by atoms with Gasteiger partial charge in [-0.15, -0.1) is 0 Å². The van der Waals surface area contributed by atoms with Crippen LogP contribution < -0.4 is 11.1 Å². The zero-order valence-corrected chi connectivity index (χ0v) is 10.9. The number of primary amides is 1. The number of carbonyl (C=O) groups is 1. The summed E-state index contributed by atoms with van der Waals surface area (Å²) in [6.45, 7) is 0.503. The van der Waals surface area contributed by atoms with Gasteiger partial charge < -0.3 is 15.8 Å². The summed E-state index contributed by atoms with van der Waals surface area (Å²) in [5.41, 5.74) is 5.35. The molecule has 0 radical (unpaired) electrons. The molecule has 1 aromatic rings. The van der Waals surface area contributed by atoms with Gasteiger partial charge in [-0.2, -0.15) is 5.26 Å². The minimum Gasteiger partial charge on any atom is -0.367 e. The number of nitriles is 1. The molecule has 0 saturated carbocycles. The fourth-order valence-electron chi connectivity index (χ4n) is 1.90. The van der Waals surface area contributed by atoms with Crippen molar-refractivity contribution in [3.05, 3.63) is 22.8 Å². The van der Waals surface area contributed by atoms with Gasteiger partial charge in [0.25, 0.3) is 0 Å². The molecule has 1 aromatic heterocycles. The summed E-state index contributed by atoms with van der Waals surface area (Å²) in [6, 6.07) is 5.20.